The van der Waals surface area contributed by atoms with Crippen LogP contribution in [0.15, 0.2) is 24.4 Å². The molecule has 24 heavy (non-hydrogen) atoms. The number of benzene rings is 1. The van der Waals surface area contributed by atoms with Gasteiger partial charge in [-0.25, -0.2) is 4.98 Å². The van der Waals surface area contributed by atoms with E-state index in [1.165, 1.54) is 0 Å². The smallest absolute Gasteiger partial charge is 0.427 e. The predicted molar refractivity (Wildman–Crippen MR) is 83.9 cm³/mol. The molecule has 0 amide bonds. The molecule has 8 heteroatoms. The van der Waals surface area contributed by atoms with Gasteiger partial charge in [0.1, 0.15) is 18.1 Å². The largest absolute Gasteiger partial charge is 0.486 e. The number of aromatic nitrogens is 1. The SMILES string of the molecule is FC(F)(F)c1cnc(N2CCCC2c2ccc3c(c2)OCCO3)s1. The molecule has 1 saturated heterocycles. The lowest BCUT2D eigenvalue weighted by Gasteiger charge is -2.26. The van der Waals surface area contributed by atoms with Gasteiger partial charge in [-0.15, -0.1) is 0 Å². The Labute approximate surface area is 140 Å². The van der Waals surface area contributed by atoms with Crippen LogP contribution in [-0.4, -0.2) is 24.7 Å². The molecule has 1 unspecified atom stereocenters. The van der Waals surface area contributed by atoms with Gasteiger partial charge in [0.25, 0.3) is 0 Å². The topological polar surface area (TPSA) is 34.6 Å². The Hall–Kier alpha value is -1.96. The molecule has 0 aliphatic carbocycles. The molecule has 1 aromatic carbocycles. The Balaban J connectivity index is 1.62. The van der Waals surface area contributed by atoms with Crippen LogP contribution < -0.4 is 14.4 Å². The molecule has 1 atom stereocenters. The molecule has 0 saturated carbocycles. The molecule has 1 fully saturated rings. The number of hydrogen-bond donors (Lipinski definition) is 0. The van der Waals surface area contributed by atoms with Crippen molar-refractivity contribution in [1.82, 2.24) is 4.98 Å². The fourth-order valence-electron chi connectivity index (χ4n) is 3.14. The first kappa shape index (κ1) is 15.6. The van der Waals surface area contributed by atoms with Crippen molar-refractivity contribution in [2.75, 3.05) is 24.7 Å². The molecule has 0 N–H and O–H groups in total. The van der Waals surface area contributed by atoms with Gasteiger partial charge in [-0.05, 0) is 30.5 Å². The van der Waals surface area contributed by atoms with Crippen molar-refractivity contribution in [3.05, 3.63) is 34.8 Å². The highest BCUT2D eigenvalue weighted by Gasteiger charge is 2.36. The summed E-state index contributed by atoms with van der Waals surface area (Å²) in [6.07, 6.45) is -1.64. The van der Waals surface area contributed by atoms with E-state index < -0.39 is 11.1 Å². The third kappa shape index (κ3) is 2.79. The van der Waals surface area contributed by atoms with E-state index in [1.807, 2.05) is 23.1 Å². The van der Waals surface area contributed by atoms with Gasteiger partial charge >= 0.3 is 6.18 Å². The first-order chi connectivity index (χ1) is 11.5. The van der Waals surface area contributed by atoms with Gasteiger partial charge in [0.2, 0.25) is 0 Å². The van der Waals surface area contributed by atoms with Gasteiger partial charge in [-0.1, -0.05) is 17.4 Å². The lowest BCUT2D eigenvalue weighted by Crippen LogP contribution is -2.22. The number of thiazole rings is 1. The number of anilines is 1. The second-order valence-corrected chi connectivity index (χ2v) is 6.77. The zero-order valence-electron chi connectivity index (χ0n) is 12.7. The monoisotopic (exact) mass is 356 g/mol. The summed E-state index contributed by atoms with van der Waals surface area (Å²) in [5, 5.41) is 0.416. The molecule has 2 aliphatic heterocycles. The molecule has 0 radical (unpaired) electrons. The molecule has 0 bridgehead atoms. The highest BCUT2D eigenvalue weighted by molar-refractivity contribution is 7.15. The minimum atomic E-state index is -4.35. The predicted octanol–water partition coefficient (Wildman–Crippen LogP) is 4.27. The minimum Gasteiger partial charge on any atom is -0.486 e. The van der Waals surface area contributed by atoms with Crippen molar-refractivity contribution in [3.63, 3.8) is 0 Å². The van der Waals surface area contributed by atoms with Crippen LogP contribution in [0.25, 0.3) is 0 Å². The highest BCUT2D eigenvalue weighted by Crippen LogP contribution is 2.43. The highest BCUT2D eigenvalue weighted by atomic mass is 32.1. The third-order valence-corrected chi connectivity index (χ3v) is 5.30. The van der Waals surface area contributed by atoms with Crippen molar-refractivity contribution >= 4 is 16.5 Å². The first-order valence-corrected chi connectivity index (χ1v) is 8.53. The van der Waals surface area contributed by atoms with E-state index in [2.05, 4.69) is 4.98 Å². The maximum absolute atomic E-state index is 12.8. The average Bonchev–Trinajstić information content (AvgIpc) is 3.22. The van der Waals surface area contributed by atoms with E-state index in [-0.39, 0.29) is 6.04 Å². The number of fused-ring (bicyclic) bond motifs is 1. The fourth-order valence-corrected chi connectivity index (χ4v) is 4.00. The normalized spacial score (nSPS) is 20.5. The van der Waals surface area contributed by atoms with Gasteiger partial charge < -0.3 is 14.4 Å². The Morgan fingerprint density at radius 3 is 2.71 bits per heavy atom. The number of alkyl halides is 3. The second-order valence-electron chi connectivity index (χ2n) is 5.76. The molecule has 0 spiro atoms. The van der Waals surface area contributed by atoms with E-state index in [9.17, 15) is 13.2 Å². The molecule has 1 aromatic heterocycles. The first-order valence-electron chi connectivity index (χ1n) is 7.71. The van der Waals surface area contributed by atoms with E-state index in [4.69, 9.17) is 9.47 Å². The van der Waals surface area contributed by atoms with Crippen LogP contribution in [0.4, 0.5) is 18.3 Å². The maximum atomic E-state index is 12.8. The third-order valence-electron chi connectivity index (χ3n) is 4.22. The lowest BCUT2D eigenvalue weighted by molar-refractivity contribution is -0.134. The molecular formula is C16H15F3N2O2S. The fraction of sp³-hybridized carbons (Fsp3) is 0.438. The zero-order chi connectivity index (χ0) is 16.7. The summed E-state index contributed by atoms with van der Waals surface area (Å²) in [4.78, 5) is 5.28. The molecule has 128 valence electrons. The van der Waals surface area contributed by atoms with Crippen LogP contribution in [0.5, 0.6) is 11.5 Å². The number of nitrogens with zero attached hydrogens (tertiary/aromatic N) is 2. The summed E-state index contributed by atoms with van der Waals surface area (Å²) < 4.78 is 49.6. The standard InChI is InChI=1S/C16H15F3N2O2S/c17-16(18,19)14-9-20-15(24-14)21-5-1-2-11(21)10-3-4-12-13(8-10)23-7-6-22-12/h3-4,8-9,11H,1-2,5-7H2. The van der Waals surface area contributed by atoms with Crippen molar-refractivity contribution in [1.29, 1.82) is 0 Å². The van der Waals surface area contributed by atoms with Crippen LogP contribution in [-0.2, 0) is 6.18 Å². The van der Waals surface area contributed by atoms with Gasteiger partial charge in [0.15, 0.2) is 16.6 Å². The van der Waals surface area contributed by atoms with Crippen LogP contribution in [0.1, 0.15) is 29.3 Å². The Bertz CT molecular complexity index is 747. The Kier molecular flexibility index (Phi) is 3.79. The van der Waals surface area contributed by atoms with Gasteiger partial charge in [0.05, 0.1) is 12.2 Å². The van der Waals surface area contributed by atoms with E-state index in [0.29, 0.717) is 47.7 Å². The summed E-state index contributed by atoms with van der Waals surface area (Å²) >= 11 is 0.698. The molecule has 4 rings (SSSR count). The van der Waals surface area contributed by atoms with Crippen LogP contribution in [0.3, 0.4) is 0 Å². The Morgan fingerprint density at radius 2 is 1.96 bits per heavy atom. The van der Waals surface area contributed by atoms with Crippen molar-refractivity contribution in [3.8, 4) is 11.5 Å². The van der Waals surface area contributed by atoms with Crippen molar-refractivity contribution in [2.45, 2.75) is 25.1 Å². The van der Waals surface area contributed by atoms with Crippen molar-refractivity contribution < 1.29 is 22.6 Å². The van der Waals surface area contributed by atoms with E-state index >= 15 is 0 Å². The number of halogens is 3. The summed E-state index contributed by atoms with van der Waals surface area (Å²) in [5.74, 6) is 1.41. The molecule has 3 heterocycles. The summed E-state index contributed by atoms with van der Waals surface area (Å²) in [6, 6.07) is 5.75. The number of rotatable bonds is 2. The van der Waals surface area contributed by atoms with Crippen LogP contribution in [0, 0.1) is 0 Å². The van der Waals surface area contributed by atoms with Gasteiger partial charge in [0, 0.05) is 6.54 Å². The van der Waals surface area contributed by atoms with Crippen LogP contribution in [0.2, 0.25) is 0 Å². The van der Waals surface area contributed by atoms with Crippen LogP contribution >= 0.6 is 11.3 Å². The lowest BCUT2D eigenvalue weighted by atomic mass is 10.0. The van der Waals surface area contributed by atoms with Crippen molar-refractivity contribution in [2.24, 2.45) is 0 Å². The maximum Gasteiger partial charge on any atom is 0.427 e. The number of ether oxygens (including phenoxy) is 2. The summed E-state index contributed by atoms with van der Waals surface area (Å²) in [5.41, 5.74) is 1.01. The summed E-state index contributed by atoms with van der Waals surface area (Å²) in [7, 11) is 0. The second kappa shape index (κ2) is 5.84. The number of hydrogen-bond acceptors (Lipinski definition) is 5. The molecule has 2 aromatic rings. The van der Waals surface area contributed by atoms with Gasteiger partial charge in [-0.3, -0.25) is 0 Å². The van der Waals surface area contributed by atoms with E-state index in [0.717, 1.165) is 24.6 Å². The molecule has 2 aliphatic rings. The average molecular weight is 356 g/mol. The minimum absolute atomic E-state index is 0.00746. The van der Waals surface area contributed by atoms with E-state index in [1.54, 1.807) is 0 Å². The quantitative estimate of drug-likeness (QED) is 0.805. The molecular weight excluding hydrogens is 341 g/mol. The molecule has 4 nitrogen and oxygen atoms in total. The Morgan fingerprint density at radius 1 is 1.17 bits per heavy atom. The summed E-state index contributed by atoms with van der Waals surface area (Å²) in [6.45, 7) is 1.73. The van der Waals surface area contributed by atoms with Gasteiger partial charge in [-0.2, -0.15) is 13.2 Å². The zero-order valence-corrected chi connectivity index (χ0v) is 13.5.